The number of primary amides is 1. The van der Waals surface area contributed by atoms with Gasteiger partial charge in [0, 0.05) is 26.7 Å². The highest BCUT2D eigenvalue weighted by atomic mass is 27.1. The van der Waals surface area contributed by atoms with Crippen molar-refractivity contribution in [3.63, 3.8) is 0 Å². The number of urea groups is 1. The van der Waals surface area contributed by atoms with Gasteiger partial charge in [0.05, 0.1) is 24.6 Å². The third-order valence-corrected chi connectivity index (χ3v) is 8.17. The number of amides is 6. The third-order valence-electron chi connectivity index (χ3n) is 6.61. The molecule has 2 unspecified atom stereocenters. The Bertz CT molecular complexity index is 1260. The molecular weight excluding hydrogens is 586 g/mol. The largest absolute Gasteiger partial charge is 0.475 e. The molecular formula is C27H45AlBN8O7+. The van der Waals surface area contributed by atoms with E-state index in [1.807, 2.05) is 26.0 Å². The summed E-state index contributed by atoms with van der Waals surface area (Å²) in [5.74, 6) is -1.85. The van der Waals surface area contributed by atoms with Gasteiger partial charge >= 0.3 is 34.3 Å². The molecule has 17 heteroatoms. The number of nitrogens with one attached hydrogen (secondary N) is 6. The molecule has 15 nitrogen and oxygen atoms in total. The van der Waals surface area contributed by atoms with Crippen LogP contribution < -0.4 is 37.4 Å². The van der Waals surface area contributed by atoms with Crippen LogP contribution in [0.3, 0.4) is 0 Å². The van der Waals surface area contributed by atoms with Crippen molar-refractivity contribution in [1.82, 2.24) is 31.4 Å². The zero-order chi connectivity index (χ0) is 33.0. The number of hydrazine groups is 1. The van der Waals surface area contributed by atoms with E-state index in [-0.39, 0.29) is 41.5 Å². The predicted molar refractivity (Wildman–Crippen MR) is 167 cm³/mol. The highest BCUT2D eigenvalue weighted by Crippen LogP contribution is 2.15. The molecule has 1 heterocycles. The van der Waals surface area contributed by atoms with Gasteiger partial charge in [0.2, 0.25) is 11.8 Å². The first-order valence-electron chi connectivity index (χ1n) is 14.5. The second kappa shape index (κ2) is 17.1. The lowest BCUT2D eigenvalue weighted by molar-refractivity contribution is -0.582. The third kappa shape index (κ3) is 13.0. The Morgan fingerprint density at radius 2 is 1.89 bits per heavy atom. The Balaban J connectivity index is 1.89. The van der Waals surface area contributed by atoms with Gasteiger partial charge in [0.15, 0.2) is 0 Å². The predicted octanol–water partition coefficient (Wildman–Crippen LogP) is -1.83. The number of nitrogens with two attached hydrogens (primary N) is 1. The summed E-state index contributed by atoms with van der Waals surface area (Å²) < 4.78 is 0.743. The summed E-state index contributed by atoms with van der Waals surface area (Å²) >= 11 is -1.46. The molecule has 0 saturated heterocycles. The average Bonchev–Trinajstić information content (AvgIpc) is 3.25. The van der Waals surface area contributed by atoms with E-state index in [1.165, 1.54) is 0 Å². The summed E-state index contributed by atoms with van der Waals surface area (Å²) in [6.45, 7) is 7.03. The van der Waals surface area contributed by atoms with Crippen molar-refractivity contribution in [2.75, 3.05) is 18.9 Å². The first-order valence-corrected chi connectivity index (χ1v) is 15.9. The van der Waals surface area contributed by atoms with Gasteiger partial charge in [0.25, 0.3) is 0 Å². The van der Waals surface area contributed by atoms with E-state index in [4.69, 9.17) is 0 Å². The van der Waals surface area contributed by atoms with Crippen LogP contribution in [-0.4, -0.2) is 95.5 Å². The standard InChI is InChI=1S/C22H31BN5O6.C5H12N3O.Al.H/c1-14(2)7-19(23(33)34)27-21(31)11-24-20(30)9-15-5-4-6-16(8-15)26-22(32)18-10-17(25-13-29)12-28(18)3;1-4(2)7-5(9)8-6-3;;/h4-5,8,10,12,14,16,19,33-34H,6-7,9,11H2,1-3H3,(H,24,30)(H,25,29)(H,26,32)(H,27,31);6H,1-3H3,(H2,7,8,9);;/p+1. The number of anilines is 1. The lowest BCUT2D eigenvalue weighted by Gasteiger charge is -2.24. The number of carbonyl (C=O) groups is 5. The number of rotatable bonds is 15. The molecule has 44 heavy (non-hydrogen) atoms. The number of aromatic nitrogens is 1. The Morgan fingerprint density at radius 3 is 2.52 bits per heavy atom. The molecule has 2 rings (SSSR count). The van der Waals surface area contributed by atoms with Gasteiger partial charge in [-0.25, -0.2) is 15.0 Å². The van der Waals surface area contributed by atoms with Gasteiger partial charge in [0.1, 0.15) is 16.5 Å². The molecule has 0 radical (unpaired) electrons. The second-order valence-corrected chi connectivity index (χ2v) is 14.7. The topological polar surface area (TPSA) is 220 Å². The number of allylic oxidation sites excluding steroid dienone is 1. The van der Waals surface area contributed by atoms with Crippen molar-refractivity contribution >= 4 is 56.5 Å². The van der Waals surface area contributed by atoms with Crippen molar-refractivity contribution in [3.05, 3.63) is 41.8 Å². The van der Waals surface area contributed by atoms with Crippen LogP contribution in [0.15, 0.2) is 36.1 Å². The van der Waals surface area contributed by atoms with E-state index >= 15 is 0 Å². The van der Waals surface area contributed by atoms with Gasteiger partial charge in [-0.1, -0.05) is 39.8 Å². The highest BCUT2D eigenvalue weighted by Gasteiger charge is 2.29. The van der Waals surface area contributed by atoms with E-state index in [9.17, 15) is 34.0 Å². The molecule has 6 amide bonds. The molecule has 0 saturated carbocycles. The second-order valence-electron chi connectivity index (χ2n) is 11.9. The van der Waals surface area contributed by atoms with E-state index in [0.29, 0.717) is 29.8 Å². The molecule has 0 aromatic carbocycles. The van der Waals surface area contributed by atoms with Gasteiger partial charge in [-0.3, -0.25) is 25.1 Å². The summed E-state index contributed by atoms with van der Waals surface area (Å²) in [5.41, 5.74) is 6.48. The van der Waals surface area contributed by atoms with E-state index in [0.717, 1.165) is 0 Å². The first-order chi connectivity index (χ1) is 20.6. The summed E-state index contributed by atoms with van der Waals surface area (Å²) in [5, 5.41) is 31.1. The maximum absolute atomic E-state index is 13.1. The molecule has 2 atom stereocenters. The van der Waals surface area contributed by atoms with Crippen molar-refractivity contribution < 1.29 is 39.3 Å². The van der Waals surface area contributed by atoms with Gasteiger partial charge in [-0.05, 0) is 34.5 Å². The summed E-state index contributed by atoms with van der Waals surface area (Å²) in [6.07, 6.45) is 8.10. The molecule has 0 spiro atoms. The van der Waals surface area contributed by atoms with Gasteiger partial charge in [-0.15, -0.1) is 0 Å². The fourth-order valence-electron chi connectivity index (χ4n) is 4.72. The minimum Gasteiger partial charge on any atom is -0.426 e. The monoisotopic (exact) mass is 631 g/mol. The van der Waals surface area contributed by atoms with Crippen LogP contribution in [-0.2, 0) is 16.6 Å². The smallest absolute Gasteiger partial charge is 0.426 e. The molecule has 0 bridgehead atoms. The molecule has 1 aliphatic carbocycles. The number of hydrogen-bond acceptors (Lipinski definition) is 8. The lowest BCUT2D eigenvalue weighted by atomic mass is 9.75. The minimum absolute atomic E-state index is 0.00635. The van der Waals surface area contributed by atoms with Crippen LogP contribution in [0.1, 0.15) is 57.4 Å². The van der Waals surface area contributed by atoms with Crippen LogP contribution in [0, 0.1) is 5.92 Å². The fraction of sp³-hybridized carbons (Fsp3) is 0.519. The number of aryl methyl sites for hydroxylation is 1. The number of hydrogen-bond donors (Lipinski definition) is 9. The van der Waals surface area contributed by atoms with Crippen LogP contribution in [0.25, 0.3) is 0 Å². The summed E-state index contributed by atoms with van der Waals surface area (Å²) in [7, 11) is 1.56. The minimum atomic E-state index is -1.70. The average molecular weight is 632 g/mol. The Hall–Kier alpha value is -3.45. The Kier molecular flexibility index (Phi) is 14.3. The van der Waals surface area contributed by atoms with Crippen molar-refractivity contribution in [1.29, 1.82) is 0 Å². The summed E-state index contributed by atoms with van der Waals surface area (Å²) in [6, 6.07) is 0.912. The molecule has 1 aromatic rings. The van der Waals surface area contributed by atoms with Crippen LogP contribution >= 0.6 is 0 Å². The Morgan fingerprint density at radius 1 is 1.18 bits per heavy atom. The van der Waals surface area contributed by atoms with Crippen molar-refractivity contribution in [2.24, 2.45) is 13.0 Å². The van der Waals surface area contributed by atoms with Gasteiger partial charge in [-0.2, -0.15) is 0 Å². The first kappa shape index (κ1) is 36.7. The molecule has 0 aliphatic heterocycles. The number of carbonyl (C=O) groups excluding carboxylic acids is 5. The lowest BCUT2D eigenvalue weighted by Crippen LogP contribution is -2.93. The number of quaternary nitrogens is 1. The van der Waals surface area contributed by atoms with Gasteiger partial charge < -0.3 is 35.9 Å². The van der Waals surface area contributed by atoms with E-state index in [2.05, 4.69) is 32.1 Å². The van der Waals surface area contributed by atoms with Crippen LogP contribution in [0.4, 0.5) is 15.3 Å². The quantitative estimate of drug-likeness (QED) is 0.0790. The van der Waals surface area contributed by atoms with E-state index < -0.39 is 44.6 Å². The zero-order valence-electron chi connectivity index (χ0n) is 26.2. The van der Waals surface area contributed by atoms with Crippen LogP contribution in [0.2, 0.25) is 0 Å². The maximum atomic E-state index is 13.1. The molecule has 0 fully saturated rings. The molecule has 10 N–H and O–H groups in total. The summed E-state index contributed by atoms with van der Waals surface area (Å²) in [4.78, 5) is 62.2. The maximum Gasteiger partial charge on any atom is 0.475 e. The van der Waals surface area contributed by atoms with Crippen molar-refractivity contribution in [2.45, 2.75) is 63.3 Å². The molecule has 240 valence electrons. The normalized spacial score (nSPS) is 15.1. The van der Waals surface area contributed by atoms with E-state index in [1.54, 1.807) is 56.2 Å². The Labute approximate surface area is 263 Å². The molecule has 1 aliphatic rings. The molecule has 1 aromatic heterocycles. The van der Waals surface area contributed by atoms with Crippen LogP contribution in [0.5, 0.6) is 0 Å². The highest BCUT2D eigenvalue weighted by molar-refractivity contribution is 6.78. The fourth-order valence-corrected chi connectivity index (χ4v) is 6.06. The number of nitrogens with zero attached hydrogens (tertiary/aromatic N) is 1. The van der Waals surface area contributed by atoms with Crippen molar-refractivity contribution in [3.8, 4) is 0 Å². The SMILES string of the molecule is CNNC(=O)N[C](C)(C)[AlH][C](=O)Nc1cc(C(=O)[NH2+]C2C=C(CC(=O)NCC(=O)NC(CC(C)C)B(O)O)C=CC2)n(C)c1. The zero-order valence-corrected chi connectivity index (χ0v) is 27.6.